The molecule has 1 N–H and O–H groups in total. The van der Waals surface area contributed by atoms with Crippen LogP contribution in [0.4, 0.5) is 0 Å². The molecule has 1 unspecified atom stereocenters. The highest BCUT2D eigenvalue weighted by Crippen LogP contribution is 2.22. The van der Waals surface area contributed by atoms with Gasteiger partial charge in [0.15, 0.2) is 0 Å². The maximum Gasteiger partial charge on any atom is 0.0579 e. The van der Waals surface area contributed by atoms with Gasteiger partial charge >= 0.3 is 0 Å². The highest BCUT2D eigenvalue weighted by atomic mass is 35.5. The zero-order chi connectivity index (χ0) is 14.4. The van der Waals surface area contributed by atoms with Crippen LogP contribution in [0, 0.1) is 6.92 Å². The Bertz CT molecular complexity index is 554. The number of nitrogens with one attached hydrogen (secondary N) is 1. The van der Waals surface area contributed by atoms with Crippen LogP contribution >= 0.6 is 11.6 Å². The number of benzene rings is 1. The summed E-state index contributed by atoms with van der Waals surface area (Å²) in [5.41, 5.74) is 3.29. The zero-order valence-electron chi connectivity index (χ0n) is 12.1. The minimum atomic E-state index is 0.203. The highest BCUT2D eigenvalue weighted by Gasteiger charge is 2.14. The average Bonchev–Trinajstić information content (AvgIpc) is 2.45. The molecule has 2 aromatic rings. The number of nitrogens with zero attached hydrogens (tertiary/aromatic N) is 1. The second kappa shape index (κ2) is 7.41. The first-order valence-corrected chi connectivity index (χ1v) is 7.49. The molecule has 1 aromatic heterocycles. The summed E-state index contributed by atoms with van der Waals surface area (Å²) in [5.74, 6) is 0. The molecule has 2 rings (SSSR count). The Kier molecular flexibility index (Phi) is 5.57. The average molecular weight is 289 g/mol. The molecule has 0 aliphatic heterocycles. The van der Waals surface area contributed by atoms with Crippen LogP contribution in [0.1, 0.15) is 36.3 Å². The maximum absolute atomic E-state index is 6.27. The number of pyridine rings is 1. The molecule has 1 aromatic carbocycles. The summed E-state index contributed by atoms with van der Waals surface area (Å²) in [4.78, 5) is 4.65. The number of hydrogen-bond acceptors (Lipinski definition) is 2. The number of hydrogen-bond donors (Lipinski definition) is 1. The van der Waals surface area contributed by atoms with E-state index in [0.29, 0.717) is 0 Å². The quantitative estimate of drug-likeness (QED) is 0.856. The molecule has 106 valence electrons. The number of halogens is 1. The van der Waals surface area contributed by atoms with Crippen molar-refractivity contribution in [1.29, 1.82) is 0 Å². The van der Waals surface area contributed by atoms with Crippen LogP contribution in [-0.4, -0.2) is 11.5 Å². The van der Waals surface area contributed by atoms with Gasteiger partial charge in [0.1, 0.15) is 0 Å². The molecule has 0 saturated carbocycles. The number of rotatable bonds is 6. The van der Waals surface area contributed by atoms with E-state index >= 15 is 0 Å². The lowest BCUT2D eigenvalue weighted by Crippen LogP contribution is -2.25. The molecule has 0 radical (unpaired) electrons. The lowest BCUT2D eigenvalue weighted by Gasteiger charge is -2.19. The van der Waals surface area contributed by atoms with Gasteiger partial charge in [-0.1, -0.05) is 42.8 Å². The van der Waals surface area contributed by atoms with Gasteiger partial charge in [-0.2, -0.15) is 0 Å². The van der Waals surface area contributed by atoms with Crippen molar-refractivity contribution in [1.82, 2.24) is 10.3 Å². The molecule has 0 bridgehead atoms. The fourth-order valence-corrected chi connectivity index (χ4v) is 2.45. The summed E-state index contributed by atoms with van der Waals surface area (Å²) < 4.78 is 0. The first kappa shape index (κ1) is 15.0. The molecule has 2 nitrogen and oxygen atoms in total. The lowest BCUT2D eigenvalue weighted by molar-refractivity contribution is 0.517. The summed E-state index contributed by atoms with van der Waals surface area (Å²) in [5, 5.41) is 4.39. The Balaban J connectivity index is 2.21. The molecule has 0 aliphatic carbocycles. The predicted octanol–water partition coefficient (Wildman–Crippen LogP) is 4.33. The van der Waals surface area contributed by atoms with Gasteiger partial charge < -0.3 is 5.32 Å². The van der Waals surface area contributed by atoms with Gasteiger partial charge in [0.2, 0.25) is 0 Å². The summed E-state index contributed by atoms with van der Waals surface area (Å²) in [6.07, 6.45) is 1.96. The van der Waals surface area contributed by atoms with Crippen LogP contribution in [0.2, 0.25) is 5.02 Å². The molecule has 0 spiro atoms. The smallest absolute Gasteiger partial charge is 0.0579 e. The van der Waals surface area contributed by atoms with Crippen LogP contribution in [0.15, 0.2) is 42.5 Å². The van der Waals surface area contributed by atoms with Crippen LogP contribution in [0.25, 0.3) is 0 Å². The summed E-state index contributed by atoms with van der Waals surface area (Å²) in [6.45, 7) is 5.17. The third kappa shape index (κ3) is 4.06. The Morgan fingerprint density at radius 3 is 2.65 bits per heavy atom. The minimum absolute atomic E-state index is 0.203. The Labute approximate surface area is 126 Å². The van der Waals surface area contributed by atoms with Gasteiger partial charge in [0.25, 0.3) is 0 Å². The van der Waals surface area contributed by atoms with Gasteiger partial charge in [0.05, 0.1) is 11.7 Å². The lowest BCUT2D eigenvalue weighted by atomic mass is 10.0. The largest absolute Gasteiger partial charge is 0.308 e. The van der Waals surface area contributed by atoms with Crippen molar-refractivity contribution in [3.8, 4) is 0 Å². The minimum Gasteiger partial charge on any atom is -0.308 e. The van der Waals surface area contributed by atoms with Crippen molar-refractivity contribution in [2.24, 2.45) is 0 Å². The van der Waals surface area contributed by atoms with Crippen LogP contribution in [0.5, 0.6) is 0 Å². The molecular weight excluding hydrogens is 268 g/mol. The molecule has 1 heterocycles. The first-order valence-electron chi connectivity index (χ1n) is 7.11. The fraction of sp³-hybridized carbons (Fsp3) is 0.353. The van der Waals surface area contributed by atoms with E-state index in [4.69, 9.17) is 11.6 Å². The predicted molar refractivity (Wildman–Crippen MR) is 85.2 cm³/mol. The van der Waals surface area contributed by atoms with Crippen molar-refractivity contribution in [2.75, 3.05) is 6.54 Å². The van der Waals surface area contributed by atoms with Gasteiger partial charge in [-0.3, -0.25) is 4.98 Å². The molecule has 0 amide bonds. The van der Waals surface area contributed by atoms with Gasteiger partial charge in [-0.15, -0.1) is 0 Å². The molecular formula is C17H21ClN2. The van der Waals surface area contributed by atoms with Gasteiger partial charge in [0, 0.05) is 10.7 Å². The van der Waals surface area contributed by atoms with Gasteiger partial charge in [-0.25, -0.2) is 0 Å². The van der Waals surface area contributed by atoms with Gasteiger partial charge in [-0.05, 0) is 50.1 Å². The van der Waals surface area contributed by atoms with Crippen molar-refractivity contribution in [3.63, 3.8) is 0 Å². The van der Waals surface area contributed by atoms with Crippen LogP contribution in [0.3, 0.4) is 0 Å². The van der Waals surface area contributed by atoms with E-state index in [9.17, 15) is 0 Å². The zero-order valence-corrected chi connectivity index (χ0v) is 12.8. The second-order valence-corrected chi connectivity index (χ2v) is 5.41. The molecule has 0 fully saturated rings. The Hall–Kier alpha value is -1.38. The Morgan fingerprint density at radius 2 is 1.95 bits per heavy atom. The summed E-state index contributed by atoms with van der Waals surface area (Å²) in [6, 6.07) is 14.4. The molecule has 0 saturated heterocycles. The van der Waals surface area contributed by atoms with E-state index in [0.717, 1.165) is 41.4 Å². The van der Waals surface area contributed by atoms with Crippen molar-refractivity contribution < 1.29 is 0 Å². The first-order chi connectivity index (χ1) is 9.70. The summed E-state index contributed by atoms with van der Waals surface area (Å²) in [7, 11) is 0. The topological polar surface area (TPSA) is 24.9 Å². The van der Waals surface area contributed by atoms with Crippen LogP contribution < -0.4 is 5.32 Å². The van der Waals surface area contributed by atoms with Crippen molar-refractivity contribution in [3.05, 3.63) is 64.4 Å². The summed E-state index contributed by atoms with van der Waals surface area (Å²) >= 11 is 6.27. The van der Waals surface area contributed by atoms with E-state index in [-0.39, 0.29) is 6.04 Å². The van der Waals surface area contributed by atoms with Crippen molar-refractivity contribution >= 4 is 11.6 Å². The molecule has 3 heteroatoms. The second-order valence-electron chi connectivity index (χ2n) is 5.01. The van der Waals surface area contributed by atoms with Crippen LogP contribution in [-0.2, 0) is 6.42 Å². The molecule has 1 atom stereocenters. The monoisotopic (exact) mass is 288 g/mol. The van der Waals surface area contributed by atoms with E-state index in [2.05, 4.69) is 35.4 Å². The fourth-order valence-electron chi connectivity index (χ4n) is 2.24. The SMILES string of the molecule is CCCNC(Cc1ccccc1Cl)c1cccc(C)n1. The van der Waals surface area contributed by atoms with E-state index < -0.39 is 0 Å². The van der Waals surface area contributed by atoms with E-state index in [1.54, 1.807) is 0 Å². The highest BCUT2D eigenvalue weighted by molar-refractivity contribution is 6.31. The van der Waals surface area contributed by atoms with Crippen molar-refractivity contribution in [2.45, 2.75) is 32.7 Å². The number of aromatic nitrogens is 1. The molecule has 0 aliphatic rings. The molecule has 20 heavy (non-hydrogen) atoms. The van der Waals surface area contributed by atoms with E-state index in [1.165, 1.54) is 0 Å². The third-order valence-electron chi connectivity index (χ3n) is 3.29. The Morgan fingerprint density at radius 1 is 1.15 bits per heavy atom. The normalized spacial score (nSPS) is 12.3. The maximum atomic E-state index is 6.27. The standard InChI is InChI=1S/C17H21ClN2/c1-3-11-19-17(16-10-6-7-13(2)20-16)12-14-8-4-5-9-15(14)18/h4-10,17,19H,3,11-12H2,1-2H3. The third-order valence-corrected chi connectivity index (χ3v) is 3.66. The van der Waals surface area contributed by atoms with E-state index in [1.807, 2.05) is 31.2 Å². The number of aryl methyl sites for hydroxylation is 1.